The number of ketones is 1. The van der Waals surface area contributed by atoms with Gasteiger partial charge in [0.25, 0.3) is 0 Å². The molecule has 0 aromatic heterocycles. The van der Waals surface area contributed by atoms with E-state index in [4.69, 9.17) is 0 Å². The molecule has 2 nitrogen and oxygen atoms in total. The third-order valence-electron chi connectivity index (χ3n) is 2.89. The summed E-state index contributed by atoms with van der Waals surface area (Å²) in [7, 11) is 0. The maximum atomic E-state index is 12.6. The minimum Gasteiger partial charge on any atom is -0.300 e. The average molecular weight is 238 g/mol. The van der Waals surface area contributed by atoms with Crippen molar-refractivity contribution in [1.82, 2.24) is 0 Å². The summed E-state index contributed by atoms with van der Waals surface area (Å²) in [5, 5.41) is 0. The first-order valence-electron chi connectivity index (χ1n) is 5.67. The highest BCUT2D eigenvalue weighted by atomic mass is 19.3. The minimum atomic E-state index is -0.426. The molecule has 0 fully saturated rings. The molecule has 0 aliphatic rings. The Balaban J connectivity index is 3.33. The van der Waals surface area contributed by atoms with Crippen LogP contribution >= 0.6 is 0 Å². The number of rotatable bonds is 4. The van der Waals surface area contributed by atoms with E-state index < -0.39 is 5.41 Å². The second-order valence-electron chi connectivity index (χ2n) is 5.29. The fourth-order valence-electron chi connectivity index (χ4n) is 2.57. The standard InChI is InChI=1S/C14H19FO2/c1-9-6-10(2)13(12(7-9)17-15)14(4,5)8-11(3)16/h6-7H,8H2,1-5H3. The molecule has 1 aromatic rings. The molecule has 94 valence electrons. The van der Waals surface area contributed by atoms with Gasteiger partial charge in [0.1, 0.15) is 5.78 Å². The van der Waals surface area contributed by atoms with Crippen LogP contribution in [0.5, 0.6) is 5.75 Å². The quantitative estimate of drug-likeness (QED) is 0.797. The largest absolute Gasteiger partial charge is 0.300 e. The molecule has 1 aromatic carbocycles. The van der Waals surface area contributed by atoms with Crippen molar-refractivity contribution in [1.29, 1.82) is 0 Å². The summed E-state index contributed by atoms with van der Waals surface area (Å²) in [6.07, 6.45) is 0.368. The summed E-state index contributed by atoms with van der Waals surface area (Å²) in [6, 6.07) is 3.63. The minimum absolute atomic E-state index is 0.0831. The SMILES string of the molecule is CC(=O)CC(C)(C)c1c(C)cc(C)cc1OF. The normalized spacial score (nSPS) is 11.4. The Morgan fingerprint density at radius 3 is 2.41 bits per heavy atom. The van der Waals surface area contributed by atoms with Crippen molar-refractivity contribution in [2.75, 3.05) is 0 Å². The van der Waals surface area contributed by atoms with E-state index in [1.807, 2.05) is 33.8 Å². The molecule has 17 heavy (non-hydrogen) atoms. The van der Waals surface area contributed by atoms with Crippen LogP contribution < -0.4 is 4.94 Å². The van der Waals surface area contributed by atoms with E-state index in [0.717, 1.165) is 16.7 Å². The maximum Gasteiger partial charge on any atom is 0.176 e. The molecule has 3 heteroatoms. The first kappa shape index (κ1) is 13.7. The molecule has 0 saturated carbocycles. The van der Waals surface area contributed by atoms with E-state index in [1.165, 1.54) is 0 Å². The highest BCUT2D eigenvalue weighted by Gasteiger charge is 2.28. The van der Waals surface area contributed by atoms with Gasteiger partial charge < -0.3 is 0 Å². The average Bonchev–Trinajstić information content (AvgIpc) is 2.13. The monoisotopic (exact) mass is 238 g/mol. The Hall–Kier alpha value is -1.38. The van der Waals surface area contributed by atoms with Gasteiger partial charge in [-0.05, 0) is 38.0 Å². The Morgan fingerprint density at radius 2 is 1.94 bits per heavy atom. The zero-order valence-corrected chi connectivity index (χ0v) is 11.1. The molecule has 0 heterocycles. The van der Waals surface area contributed by atoms with E-state index in [-0.39, 0.29) is 11.5 Å². The number of carbonyl (C=O) groups is 1. The van der Waals surface area contributed by atoms with Crippen LogP contribution in [0, 0.1) is 13.8 Å². The summed E-state index contributed by atoms with van der Waals surface area (Å²) >= 11 is 0. The first-order chi connectivity index (χ1) is 7.77. The highest BCUT2D eigenvalue weighted by molar-refractivity contribution is 5.77. The number of hydrogen-bond donors (Lipinski definition) is 0. The van der Waals surface area contributed by atoms with Crippen LogP contribution in [0.1, 0.15) is 43.9 Å². The third-order valence-corrected chi connectivity index (χ3v) is 2.89. The Morgan fingerprint density at radius 1 is 1.35 bits per heavy atom. The zero-order valence-electron chi connectivity index (χ0n) is 11.1. The maximum absolute atomic E-state index is 12.6. The van der Waals surface area contributed by atoms with Crippen molar-refractivity contribution in [3.05, 3.63) is 28.8 Å². The lowest BCUT2D eigenvalue weighted by atomic mass is 9.77. The Labute approximate surface area is 102 Å². The molecule has 0 atom stereocenters. The second-order valence-corrected chi connectivity index (χ2v) is 5.29. The zero-order chi connectivity index (χ0) is 13.2. The molecule has 0 aliphatic heterocycles. The van der Waals surface area contributed by atoms with Crippen molar-refractivity contribution in [3.8, 4) is 5.75 Å². The Kier molecular flexibility index (Phi) is 3.91. The van der Waals surface area contributed by atoms with Gasteiger partial charge >= 0.3 is 0 Å². The molecule has 0 bridgehead atoms. The molecule has 0 saturated heterocycles. The number of halogens is 1. The van der Waals surface area contributed by atoms with E-state index >= 15 is 0 Å². The van der Waals surface area contributed by atoms with Crippen LogP contribution in [0.2, 0.25) is 0 Å². The number of carbonyl (C=O) groups excluding carboxylic acids is 1. The smallest absolute Gasteiger partial charge is 0.176 e. The molecule has 0 unspecified atom stereocenters. The van der Waals surface area contributed by atoms with Gasteiger partial charge in [-0.3, -0.25) is 9.74 Å². The summed E-state index contributed by atoms with van der Waals surface area (Å²) in [6.45, 7) is 9.19. The molecular formula is C14H19FO2. The third kappa shape index (κ3) is 3.05. The fraction of sp³-hybridized carbons (Fsp3) is 0.500. The van der Waals surface area contributed by atoms with Crippen LogP contribution in [0.15, 0.2) is 12.1 Å². The van der Waals surface area contributed by atoms with Gasteiger partial charge in [-0.15, -0.1) is 0 Å². The van der Waals surface area contributed by atoms with Crippen molar-refractivity contribution in [2.45, 2.75) is 46.5 Å². The summed E-state index contributed by atoms with van der Waals surface area (Å²) in [5.74, 6) is 0.300. The van der Waals surface area contributed by atoms with Crippen molar-refractivity contribution in [3.63, 3.8) is 0 Å². The molecule has 0 radical (unpaired) electrons. The lowest BCUT2D eigenvalue weighted by Crippen LogP contribution is -2.22. The number of hydrogen-bond acceptors (Lipinski definition) is 2. The van der Waals surface area contributed by atoms with Crippen LogP contribution in [0.4, 0.5) is 4.53 Å². The molecular weight excluding hydrogens is 219 g/mol. The van der Waals surface area contributed by atoms with E-state index in [1.54, 1.807) is 13.0 Å². The van der Waals surface area contributed by atoms with Gasteiger partial charge in [-0.2, -0.15) is 0 Å². The van der Waals surface area contributed by atoms with Crippen LogP contribution in [0.25, 0.3) is 0 Å². The Bertz CT molecular complexity index is 436. The number of Topliss-reactive ketones (excluding diaryl/α,β-unsaturated/α-hetero) is 1. The summed E-state index contributed by atoms with van der Waals surface area (Å²) in [5.41, 5.74) is 2.23. The molecule has 0 amide bonds. The first-order valence-corrected chi connectivity index (χ1v) is 5.67. The van der Waals surface area contributed by atoms with Gasteiger partial charge in [0.2, 0.25) is 0 Å². The van der Waals surface area contributed by atoms with Crippen molar-refractivity contribution in [2.24, 2.45) is 0 Å². The lowest BCUT2D eigenvalue weighted by molar-refractivity contribution is -0.118. The van der Waals surface area contributed by atoms with Gasteiger partial charge in [0.05, 0.1) is 0 Å². The van der Waals surface area contributed by atoms with Crippen molar-refractivity contribution >= 4 is 5.78 Å². The second kappa shape index (κ2) is 4.86. The highest BCUT2D eigenvalue weighted by Crippen LogP contribution is 2.38. The summed E-state index contributed by atoms with van der Waals surface area (Å²) in [4.78, 5) is 15.2. The predicted octanol–water partition coefficient (Wildman–Crippen LogP) is 3.82. The lowest BCUT2D eigenvalue weighted by Gasteiger charge is -2.27. The predicted molar refractivity (Wildman–Crippen MR) is 66.0 cm³/mol. The van der Waals surface area contributed by atoms with E-state index in [0.29, 0.717) is 6.42 Å². The van der Waals surface area contributed by atoms with Gasteiger partial charge in [0.15, 0.2) is 5.75 Å². The molecule has 0 N–H and O–H groups in total. The van der Waals surface area contributed by atoms with Gasteiger partial charge in [0, 0.05) is 21.9 Å². The fourth-order valence-corrected chi connectivity index (χ4v) is 2.57. The van der Waals surface area contributed by atoms with Crippen LogP contribution in [-0.4, -0.2) is 5.78 Å². The van der Waals surface area contributed by atoms with E-state index in [2.05, 4.69) is 4.94 Å². The molecule has 0 spiro atoms. The topological polar surface area (TPSA) is 26.3 Å². The van der Waals surface area contributed by atoms with Crippen LogP contribution in [-0.2, 0) is 10.2 Å². The number of benzene rings is 1. The van der Waals surface area contributed by atoms with Gasteiger partial charge in [-0.25, -0.2) is 0 Å². The molecule has 1 rings (SSSR count). The van der Waals surface area contributed by atoms with Gasteiger partial charge in [-0.1, -0.05) is 19.9 Å². The van der Waals surface area contributed by atoms with Crippen LogP contribution in [0.3, 0.4) is 0 Å². The van der Waals surface area contributed by atoms with Crippen molar-refractivity contribution < 1.29 is 14.3 Å². The number of aryl methyl sites for hydroxylation is 2. The molecule has 0 aliphatic carbocycles. The summed E-state index contributed by atoms with van der Waals surface area (Å²) < 4.78 is 12.6. The van der Waals surface area contributed by atoms with E-state index in [9.17, 15) is 9.32 Å².